The van der Waals surface area contributed by atoms with Crippen LogP contribution in [0.3, 0.4) is 0 Å². The third kappa shape index (κ3) is 1650. The van der Waals surface area contributed by atoms with Crippen molar-refractivity contribution >= 4 is 17.6 Å². The minimum atomic E-state index is -0.417. The first-order valence-electron chi connectivity index (χ1n) is 2.78. The first-order chi connectivity index (χ1) is 3.46. The van der Waals surface area contributed by atoms with Crippen molar-refractivity contribution in [3.8, 4) is 0 Å². The zero-order valence-corrected chi connectivity index (χ0v) is 9.65. The molecular formula is C6H16GeO2. The van der Waals surface area contributed by atoms with E-state index in [9.17, 15) is 10.2 Å². The quantitative estimate of drug-likeness (QED) is 0.443. The standard InChI is InChI=1S/2C3H7O.GeH2/c2*1-3(2)4;/h2*3H,1-2H3;1H2/q2*-1;+2. The van der Waals surface area contributed by atoms with E-state index < -0.39 is 12.2 Å². The van der Waals surface area contributed by atoms with Crippen LogP contribution in [-0.4, -0.2) is 29.8 Å². The summed E-state index contributed by atoms with van der Waals surface area (Å²) in [5.74, 6) is 0. The predicted molar refractivity (Wildman–Crippen MR) is 38.8 cm³/mol. The Hall–Kier alpha value is 0.463. The van der Waals surface area contributed by atoms with Crippen LogP contribution < -0.4 is 10.2 Å². The zero-order valence-electron chi connectivity index (χ0n) is 6.68. The zero-order chi connectivity index (χ0) is 7.15. The Bertz CT molecular complexity index is 26.5. The Morgan fingerprint density at radius 1 is 0.778 bits per heavy atom. The van der Waals surface area contributed by atoms with Crippen LogP contribution in [0, 0.1) is 0 Å². The molecule has 0 saturated heterocycles. The topological polar surface area (TPSA) is 46.1 Å². The summed E-state index contributed by atoms with van der Waals surface area (Å²) in [5, 5.41) is 19.1. The van der Waals surface area contributed by atoms with Crippen LogP contribution in [0.1, 0.15) is 27.7 Å². The van der Waals surface area contributed by atoms with Crippen molar-refractivity contribution < 1.29 is 10.2 Å². The van der Waals surface area contributed by atoms with Crippen LogP contribution in [0.15, 0.2) is 0 Å². The second-order valence-corrected chi connectivity index (χ2v) is 2.10. The van der Waals surface area contributed by atoms with E-state index >= 15 is 0 Å². The molecule has 3 heteroatoms. The monoisotopic (exact) mass is 194 g/mol. The van der Waals surface area contributed by atoms with Crippen LogP contribution >= 0.6 is 0 Å². The van der Waals surface area contributed by atoms with Gasteiger partial charge in [-0.25, -0.2) is 0 Å². The molecule has 0 fully saturated rings. The van der Waals surface area contributed by atoms with Crippen LogP contribution in [-0.2, 0) is 0 Å². The fraction of sp³-hybridized carbons (Fsp3) is 1.00. The van der Waals surface area contributed by atoms with Crippen molar-refractivity contribution in [2.45, 2.75) is 39.9 Å². The molecular weight excluding hydrogens is 177 g/mol. The minimum absolute atomic E-state index is 0. The molecule has 0 aliphatic heterocycles. The Morgan fingerprint density at radius 2 is 0.778 bits per heavy atom. The maximum atomic E-state index is 9.53. The van der Waals surface area contributed by atoms with E-state index in [4.69, 9.17) is 0 Å². The van der Waals surface area contributed by atoms with Gasteiger partial charge in [0.05, 0.1) is 0 Å². The van der Waals surface area contributed by atoms with Gasteiger partial charge < -0.3 is 10.2 Å². The SMILES string of the molecule is CC(C)[O-].CC(C)[O-].[GeH2+2]. The molecule has 0 radical (unpaired) electrons. The molecule has 0 aromatic rings. The average Bonchev–Trinajstić information content (AvgIpc) is 1.25. The van der Waals surface area contributed by atoms with Gasteiger partial charge in [0.15, 0.2) is 0 Å². The van der Waals surface area contributed by atoms with Gasteiger partial charge in [-0.3, -0.25) is 0 Å². The summed E-state index contributed by atoms with van der Waals surface area (Å²) in [7, 11) is 0. The molecule has 0 aliphatic carbocycles. The summed E-state index contributed by atoms with van der Waals surface area (Å²) in [6.07, 6.45) is -0.833. The number of hydrogen-bond donors (Lipinski definition) is 0. The van der Waals surface area contributed by atoms with E-state index in [1.165, 1.54) is 0 Å². The molecule has 0 heterocycles. The average molecular weight is 193 g/mol. The first-order valence-corrected chi connectivity index (χ1v) is 2.78. The molecule has 9 heavy (non-hydrogen) atoms. The van der Waals surface area contributed by atoms with Gasteiger partial charge in [-0.05, 0) is 0 Å². The van der Waals surface area contributed by atoms with E-state index in [-0.39, 0.29) is 17.6 Å². The third-order valence-corrected chi connectivity index (χ3v) is 0. The summed E-state index contributed by atoms with van der Waals surface area (Å²) >= 11 is 0. The van der Waals surface area contributed by atoms with E-state index in [0.29, 0.717) is 0 Å². The van der Waals surface area contributed by atoms with Crippen molar-refractivity contribution in [1.29, 1.82) is 0 Å². The van der Waals surface area contributed by atoms with E-state index in [2.05, 4.69) is 0 Å². The van der Waals surface area contributed by atoms with Gasteiger partial charge in [-0.15, -0.1) is 12.2 Å². The predicted octanol–water partition coefficient (Wildman–Crippen LogP) is -1.41. The van der Waals surface area contributed by atoms with Crippen molar-refractivity contribution in [2.75, 3.05) is 0 Å². The fourth-order valence-corrected chi connectivity index (χ4v) is 0. The summed E-state index contributed by atoms with van der Waals surface area (Å²) in [6.45, 7) is 6.44. The maximum absolute atomic E-state index is 9.53. The first kappa shape index (κ1) is 16.2. The van der Waals surface area contributed by atoms with Crippen LogP contribution in [0.25, 0.3) is 0 Å². The summed E-state index contributed by atoms with van der Waals surface area (Å²) < 4.78 is 0. The molecule has 0 aliphatic rings. The van der Waals surface area contributed by atoms with Crippen LogP contribution in [0.5, 0.6) is 0 Å². The molecule has 0 bridgehead atoms. The molecule has 0 rings (SSSR count). The van der Waals surface area contributed by atoms with Crippen LogP contribution in [0.4, 0.5) is 0 Å². The fourth-order valence-electron chi connectivity index (χ4n) is 0. The van der Waals surface area contributed by atoms with E-state index in [1.807, 2.05) is 0 Å². The summed E-state index contributed by atoms with van der Waals surface area (Å²) in [4.78, 5) is 0. The second kappa shape index (κ2) is 11.3. The Morgan fingerprint density at radius 3 is 0.778 bits per heavy atom. The molecule has 0 atom stereocenters. The molecule has 0 saturated carbocycles. The molecule has 0 spiro atoms. The van der Waals surface area contributed by atoms with Crippen LogP contribution in [0.2, 0.25) is 0 Å². The Kier molecular flexibility index (Phi) is 20.3. The Labute approximate surface area is 68.3 Å². The Balaban J connectivity index is -0.0000000720. The summed E-state index contributed by atoms with van der Waals surface area (Å²) in [5.41, 5.74) is 0. The summed E-state index contributed by atoms with van der Waals surface area (Å²) in [6, 6.07) is 0. The molecule has 0 amide bonds. The second-order valence-electron chi connectivity index (χ2n) is 2.10. The molecule has 0 aromatic carbocycles. The van der Waals surface area contributed by atoms with Gasteiger partial charge in [0.25, 0.3) is 0 Å². The molecule has 2 nitrogen and oxygen atoms in total. The van der Waals surface area contributed by atoms with E-state index in [0.717, 1.165) is 0 Å². The van der Waals surface area contributed by atoms with Gasteiger partial charge in [-0.2, -0.15) is 0 Å². The van der Waals surface area contributed by atoms with E-state index in [1.54, 1.807) is 27.7 Å². The van der Waals surface area contributed by atoms with Crippen molar-refractivity contribution in [3.05, 3.63) is 0 Å². The normalized spacial score (nSPS) is 8.00. The van der Waals surface area contributed by atoms with Gasteiger partial charge in [0, 0.05) is 0 Å². The van der Waals surface area contributed by atoms with Gasteiger partial charge >= 0.3 is 17.6 Å². The molecule has 0 unspecified atom stereocenters. The number of hydrogen-bond acceptors (Lipinski definition) is 2. The van der Waals surface area contributed by atoms with Gasteiger partial charge in [0.1, 0.15) is 0 Å². The van der Waals surface area contributed by atoms with Gasteiger partial charge in [0.2, 0.25) is 0 Å². The van der Waals surface area contributed by atoms with Gasteiger partial charge in [-0.1, -0.05) is 27.7 Å². The third-order valence-electron chi connectivity index (χ3n) is 0. The molecule has 0 N–H and O–H groups in total. The number of rotatable bonds is 0. The van der Waals surface area contributed by atoms with Crippen molar-refractivity contribution in [1.82, 2.24) is 0 Å². The van der Waals surface area contributed by atoms with Crippen molar-refractivity contribution in [2.24, 2.45) is 0 Å². The molecule has 0 aromatic heterocycles. The molecule has 56 valence electrons. The van der Waals surface area contributed by atoms with Crippen molar-refractivity contribution in [3.63, 3.8) is 0 Å².